The molecule has 3 rings (SSSR count). The monoisotopic (exact) mass is 502 g/mol. The lowest BCUT2D eigenvalue weighted by molar-refractivity contribution is -0.116. The first-order valence-electron chi connectivity index (χ1n) is 12.2. The second-order valence-corrected chi connectivity index (χ2v) is 8.56. The van der Waals surface area contributed by atoms with Crippen LogP contribution in [0.4, 0.5) is 17.1 Å². The predicted molar refractivity (Wildman–Crippen MR) is 147 cm³/mol. The molecule has 37 heavy (non-hydrogen) atoms. The lowest BCUT2D eigenvalue weighted by atomic mass is 9.85. The molecule has 0 aliphatic rings. The molecule has 9 nitrogen and oxygen atoms in total. The van der Waals surface area contributed by atoms with Gasteiger partial charge in [0.05, 0.1) is 0 Å². The van der Waals surface area contributed by atoms with Crippen LogP contribution < -0.4 is 33.2 Å². The number of hydrogen-bond donors (Lipinski definition) is 6. The van der Waals surface area contributed by atoms with Gasteiger partial charge in [-0.05, 0) is 53.1 Å². The standard InChI is InChI=1S/C28H34N6O3/c29-16-13-25(35)32-22-7-1-19(2-8-22)28(20-3-9-23(10-4-20)33-26(36)14-17-30)21-5-11-24(12-6-21)34-27(37)15-18-31/h1-12,28H,13-18,29-31H2,(H,32,35)(H,33,36)(H,34,37). The van der Waals surface area contributed by atoms with Crippen LogP contribution >= 0.6 is 0 Å². The van der Waals surface area contributed by atoms with E-state index < -0.39 is 0 Å². The molecule has 0 saturated carbocycles. The number of amides is 3. The van der Waals surface area contributed by atoms with Gasteiger partial charge in [0, 0.05) is 61.9 Å². The van der Waals surface area contributed by atoms with Crippen molar-refractivity contribution in [1.29, 1.82) is 0 Å². The molecule has 3 aromatic rings. The highest BCUT2D eigenvalue weighted by atomic mass is 16.2. The SMILES string of the molecule is NCCC(=O)Nc1ccc(C(c2ccc(NC(=O)CCN)cc2)c2ccc(NC(=O)CCN)cc2)cc1. The van der Waals surface area contributed by atoms with Crippen molar-refractivity contribution in [3.05, 3.63) is 89.5 Å². The van der Waals surface area contributed by atoms with Crippen LogP contribution in [-0.4, -0.2) is 37.4 Å². The topological polar surface area (TPSA) is 165 Å². The molecule has 0 bridgehead atoms. The maximum atomic E-state index is 11.9. The van der Waals surface area contributed by atoms with Crippen molar-refractivity contribution >= 4 is 34.8 Å². The van der Waals surface area contributed by atoms with Gasteiger partial charge >= 0.3 is 0 Å². The second-order valence-electron chi connectivity index (χ2n) is 8.56. The van der Waals surface area contributed by atoms with E-state index in [1.165, 1.54) is 0 Å². The molecule has 0 spiro atoms. The second kappa shape index (κ2) is 13.9. The molecule has 9 N–H and O–H groups in total. The van der Waals surface area contributed by atoms with Crippen molar-refractivity contribution in [2.75, 3.05) is 35.6 Å². The zero-order valence-corrected chi connectivity index (χ0v) is 20.7. The molecule has 3 aromatic carbocycles. The van der Waals surface area contributed by atoms with Crippen LogP contribution in [0.2, 0.25) is 0 Å². The van der Waals surface area contributed by atoms with E-state index in [1.807, 2.05) is 72.8 Å². The summed E-state index contributed by atoms with van der Waals surface area (Å²) in [5.74, 6) is -0.527. The van der Waals surface area contributed by atoms with E-state index in [2.05, 4.69) is 16.0 Å². The maximum Gasteiger partial charge on any atom is 0.225 e. The zero-order valence-electron chi connectivity index (χ0n) is 20.7. The van der Waals surface area contributed by atoms with Crippen LogP contribution in [0.5, 0.6) is 0 Å². The van der Waals surface area contributed by atoms with E-state index in [0.717, 1.165) is 16.7 Å². The fourth-order valence-electron chi connectivity index (χ4n) is 3.92. The fraction of sp³-hybridized carbons (Fsp3) is 0.250. The van der Waals surface area contributed by atoms with Crippen molar-refractivity contribution in [1.82, 2.24) is 0 Å². The van der Waals surface area contributed by atoms with Crippen LogP contribution in [-0.2, 0) is 14.4 Å². The summed E-state index contributed by atoms with van der Waals surface area (Å²) in [5, 5.41) is 8.53. The normalized spacial score (nSPS) is 10.7. The average Bonchev–Trinajstić information content (AvgIpc) is 2.88. The molecule has 194 valence electrons. The summed E-state index contributed by atoms with van der Waals surface area (Å²) >= 11 is 0. The van der Waals surface area contributed by atoms with Gasteiger partial charge in [0.2, 0.25) is 17.7 Å². The molecule has 0 heterocycles. The van der Waals surface area contributed by atoms with Gasteiger partial charge in [0.1, 0.15) is 0 Å². The van der Waals surface area contributed by atoms with Gasteiger partial charge in [-0.2, -0.15) is 0 Å². The van der Waals surface area contributed by atoms with Crippen LogP contribution in [0.15, 0.2) is 72.8 Å². The Bertz CT molecular complexity index is 1030. The average molecular weight is 503 g/mol. The Kier molecular flexibility index (Phi) is 10.3. The van der Waals surface area contributed by atoms with E-state index in [0.29, 0.717) is 17.1 Å². The molecule has 3 amide bonds. The quantitative estimate of drug-likeness (QED) is 0.208. The minimum atomic E-state index is -0.133. The number of hydrogen-bond acceptors (Lipinski definition) is 6. The first-order chi connectivity index (χ1) is 17.9. The molecule has 0 fully saturated rings. The van der Waals surface area contributed by atoms with E-state index in [1.54, 1.807) is 0 Å². The summed E-state index contributed by atoms with van der Waals surface area (Å²) in [7, 11) is 0. The van der Waals surface area contributed by atoms with Crippen LogP contribution in [0, 0.1) is 0 Å². The minimum Gasteiger partial charge on any atom is -0.330 e. The number of carbonyl (C=O) groups is 3. The Morgan fingerprint density at radius 3 is 0.946 bits per heavy atom. The van der Waals surface area contributed by atoms with Crippen LogP contribution in [0.1, 0.15) is 41.9 Å². The Labute approximate surface area is 216 Å². The lowest BCUT2D eigenvalue weighted by Crippen LogP contribution is -2.16. The summed E-state index contributed by atoms with van der Waals surface area (Å²) in [5.41, 5.74) is 21.5. The van der Waals surface area contributed by atoms with Gasteiger partial charge in [-0.1, -0.05) is 36.4 Å². The molecule has 0 saturated heterocycles. The van der Waals surface area contributed by atoms with E-state index in [9.17, 15) is 14.4 Å². The molecular formula is C28H34N6O3. The van der Waals surface area contributed by atoms with Crippen LogP contribution in [0.25, 0.3) is 0 Å². The molecule has 9 heteroatoms. The van der Waals surface area contributed by atoms with Crippen molar-refractivity contribution < 1.29 is 14.4 Å². The van der Waals surface area contributed by atoms with Gasteiger partial charge in [-0.15, -0.1) is 0 Å². The lowest BCUT2D eigenvalue weighted by Gasteiger charge is -2.20. The highest BCUT2D eigenvalue weighted by Gasteiger charge is 2.18. The first kappa shape index (κ1) is 27.5. The van der Waals surface area contributed by atoms with Crippen LogP contribution in [0.3, 0.4) is 0 Å². The number of nitrogens with one attached hydrogen (secondary N) is 3. The Hall–Kier alpha value is -4.05. The minimum absolute atomic E-state index is 0.128. The van der Waals surface area contributed by atoms with Gasteiger partial charge < -0.3 is 33.2 Å². The van der Waals surface area contributed by atoms with E-state index in [-0.39, 0.29) is 62.5 Å². The number of carbonyl (C=O) groups excluding carboxylic acids is 3. The fourth-order valence-corrected chi connectivity index (χ4v) is 3.92. The van der Waals surface area contributed by atoms with Crippen molar-refractivity contribution in [2.45, 2.75) is 25.2 Å². The molecule has 0 radical (unpaired) electrons. The smallest absolute Gasteiger partial charge is 0.225 e. The Morgan fingerprint density at radius 2 is 0.730 bits per heavy atom. The molecule has 0 aliphatic carbocycles. The first-order valence-corrected chi connectivity index (χ1v) is 12.2. The number of rotatable bonds is 12. The molecule has 0 unspecified atom stereocenters. The summed E-state index contributed by atoms with van der Waals surface area (Å²) in [4.78, 5) is 35.7. The largest absolute Gasteiger partial charge is 0.330 e. The van der Waals surface area contributed by atoms with Gasteiger partial charge in [0.25, 0.3) is 0 Å². The Balaban J connectivity index is 1.89. The molecular weight excluding hydrogens is 468 g/mol. The Morgan fingerprint density at radius 1 is 0.486 bits per heavy atom. The molecule has 0 aliphatic heterocycles. The number of anilines is 3. The van der Waals surface area contributed by atoms with E-state index in [4.69, 9.17) is 17.2 Å². The summed E-state index contributed by atoms with van der Waals surface area (Å²) in [6, 6.07) is 23.0. The summed E-state index contributed by atoms with van der Waals surface area (Å²) in [6.45, 7) is 0.867. The zero-order chi connectivity index (χ0) is 26.6. The summed E-state index contributed by atoms with van der Waals surface area (Å²) < 4.78 is 0. The third-order valence-electron chi connectivity index (χ3n) is 5.70. The highest BCUT2D eigenvalue weighted by molar-refractivity contribution is 5.92. The third kappa shape index (κ3) is 8.25. The van der Waals surface area contributed by atoms with Gasteiger partial charge in [-0.25, -0.2) is 0 Å². The van der Waals surface area contributed by atoms with Crippen molar-refractivity contribution in [3.8, 4) is 0 Å². The van der Waals surface area contributed by atoms with E-state index >= 15 is 0 Å². The highest BCUT2D eigenvalue weighted by Crippen LogP contribution is 2.34. The predicted octanol–water partition coefficient (Wildman–Crippen LogP) is 2.73. The third-order valence-corrected chi connectivity index (χ3v) is 5.70. The number of benzene rings is 3. The molecule has 0 atom stereocenters. The van der Waals surface area contributed by atoms with Crippen molar-refractivity contribution in [2.24, 2.45) is 17.2 Å². The van der Waals surface area contributed by atoms with Crippen molar-refractivity contribution in [3.63, 3.8) is 0 Å². The van der Waals surface area contributed by atoms with Gasteiger partial charge in [-0.3, -0.25) is 14.4 Å². The maximum absolute atomic E-state index is 11.9. The van der Waals surface area contributed by atoms with Gasteiger partial charge in [0.15, 0.2) is 0 Å². The summed E-state index contributed by atoms with van der Waals surface area (Å²) in [6.07, 6.45) is 0.770. The molecule has 0 aromatic heterocycles. The number of nitrogens with two attached hydrogens (primary N) is 3.